The number of hydrogen-bond acceptors (Lipinski definition) is 4. The zero-order chi connectivity index (χ0) is 21.0. The number of nitrogens with zero attached hydrogens (tertiary/aromatic N) is 2. The van der Waals surface area contributed by atoms with Crippen molar-refractivity contribution in [3.05, 3.63) is 65.9 Å². The lowest BCUT2D eigenvalue weighted by Gasteiger charge is -2.07. The molecule has 0 atom stereocenters. The third kappa shape index (κ3) is 5.03. The van der Waals surface area contributed by atoms with E-state index in [-0.39, 0.29) is 11.4 Å². The number of amides is 1. The Hall–Kier alpha value is -3.13. The molecule has 1 aromatic heterocycles. The molecule has 8 heteroatoms. The number of fused-ring (bicyclic) bond motifs is 1. The highest BCUT2D eigenvalue weighted by molar-refractivity contribution is 7.89. The molecular formula is C21H24N4O3S. The van der Waals surface area contributed by atoms with Gasteiger partial charge in [0.05, 0.1) is 11.1 Å². The molecule has 0 fully saturated rings. The van der Waals surface area contributed by atoms with Gasteiger partial charge in [0, 0.05) is 22.7 Å². The number of primary amides is 1. The first-order valence-corrected chi connectivity index (χ1v) is 10.7. The highest BCUT2D eigenvalue weighted by atomic mass is 32.2. The normalized spacial score (nSPS) is 12.1. The fraction of sp³-hybridized carbons (Fsp3) is 0.238. The van der Waals surface area contributed by atoms with E-state index in [0.29, 0.717) is 11.5 Å². The Morgan fingerprint density at radius 2 is 1.86 bits per heavy atom. The van der Waals surface area contributed by atoms with Gasteiger partial charge in [-0.3, -0.25) is 4.79 Å². The standard InChI is InChI=1S/C21H24N4O3S/c1-15(2)11-16-7-9-18(10-8-16)29(27,28)24-23-12-17-13-25(14-21(22)26)20-6-4-3-5-19(17)20/h3-10,12-13,15,24H,11,14H2,1-2H3,(H2,22,26)/b23-12+. The van der Waals surface area contributed by atoms with Gasteiger partial charge in [0.2, 0.25) is 5.91 Å². The number of benzene rings is 2. The molecule has 0 saturated heterocycles. The number of carbonyl (C=O) groups excluding carboxylic acids is 1. The molecule has 3 rings (SSSR count). The van der Waals surface area contributed by atoms with E-state index in [1.54, 1.807) is 22.9 Å². The average Bonchev–Trinajstić information content (AvgIpc) is 2.99. The van der Waals surface area contributed by atoms with Gasteiger partial charge < -0.3 is 10.3 Å². The van der Waals surface area contributed by atoms with E-state index in [9.17, 15) is 13.2 Å². The van der Waals surface area contributed by atoms with Crippen molar-refractivity contribution < 1.29 is 13.2 Å². The molecule has 0 aliphatic carbocycles. The van der Waals surface area contributed by atoms with Crippen LogP contribution in [0.5, 0.6) is 0 Å². The van der Waals surface area contributed by atoms with Gasteiger partial charge >= 0.3 is 0 Å². The van der Waals surface area contributed by atoms with Crippen LogP contribution in [0.2, 0.25) is 0 Å². The van der Waals surface area contributed by atoms with Gasteiger partial charge in [0.25, 0.3) is 10.0 Å². The summed E-state index contributed by atoms with van der Waals surface area (Å²) in [6.45, 7) is 4.26. The van der Waals surface area contributed by atoms with Crippen molar-refractivity contribution in [1.82, 2.24) is 9.40 Å². The molecule has 1 heterocycles. The lowest BCUT2D eigenvalue weighted by atomic mass is 10.0. The third-order valence-corrected chi connectivity index (χ3v) is 5.64. The molecule has 29 heavy (non-hydrogen) atoms. The number of rotatable bonds is 8. The Bertz CT molecular complexity index is 1150. The second-order valence-corrected chi connectivity index (χ2v) is 8.95. The number of nitrogens with two attached hydrogens (primary N) is 1. The van der Waals surface area contributed by atoms with Gasteiger partial charge in [-0.25, -0.2) is 4.83 Å². The lowest BCUT2D eigenvalue weighted by Crippen LogP contribution is -2.18. The monoisotopic (exact) mass is 412 g/mol. The summed E-state index contributed by atoms with van der Waals surface area (Å²) in [5.74, 6) is 0.0349. The zero-order valence-corrected chi connectivity index (χ0v) is 17.2. The highest BCUT2D eigenvalue weighted by Gasteiger charge is 2.13. The summed E-state index contributed by atoms with van der Waals surface area (Å²) in [5.41, 5.74) is 7.88. The van der Waals surface area contributed by atoms with Crippen LogP contribution >= 0.6 is 0 Å². The van der Waals surface area contributed by atoms with Crippen LogP contribution in [0.1, 0.15) is 25.0 Å². The Labute approximate surface area is 170 Å². The number of para-hydroxylation sites is 1. The molecule has 2 aromatic carbocycles. The van der Waals surface area contributed by atoms with Crippen LogP contribution in [0, 0.1) is 5.92 Å². The molecule has 0 aliphatic rings. The van der Waals surface area contributed by atoms with Crippen molar-refractivity contribution >= 4 is 33.0 Å². The van der Waals surface area contributed by atoms with Crippen LogP contribution in [0.25, 0.3) is 10.9 Å². The van der Waals surface area contributed by atoms with Crippen LogP contribution in [0.4, 0.5) is 0 Å². The van der Waals surface area contributed by atoms with Crippen LogP contribution < -0.4 is 10.6 Å². The summed E-state index contributed by atoms with van der Waals surface area (Å²) in [6, 6.07) is 14.2. The van der Waals surface area contributed by atoms with Gasteiger partial charge in [0.15, 0.2) is 0 Å². The number of hydrazone groups is 1. The minimum Gasteiger partial charge on any atom is -0.368 e. The predicted octanol–water partition coefficient (Wildman–Crippen LogP) is 2.64. The van der Waals surface area contributed by atoms with Crippen LogP contribution in [0.3, 0.4) is 0 Å². The summed E-state index contributed by atoms with van der Waals surface area (Å²) in [4.78, 5) is 13.7. The Morgan fingerprint density at radius 1 is 1.17 bits per heavy atom. The number of nitrogens with one attached hydrogen (secondary N) is 1. The van der Waals surface area contributed by atoms with E-state index in [1.807, 2.05) is 36.4 Å². The quantitative estimate of drug-likeness (QED) is 0.439. The molecule has 0 radical (unpaired) electrons. The number of sulfonamides is 1. The minimum atomic E-state index is -3.77. The van der Waals surface area contributed by atoms with Crippen molar-refractivity contribution in [3.63, 3.8) is 0 Å². The summed E-state index contributed by atoms with van der Waals surface area (Å²) in [5, 5.41) is 4.75. The van der Waals surface area contributed by atoms with Crippen molar-refractivity contribution in [2.45, 2.75) is 31.7 Å². The Morgan fingerprint density at radius 3 is 2.52 bits per heavy atom. The summed E-state index contributed by atoms with van der Waals surface area (Å²) >= 11 is 0. The number of aromatic nitrogens is 1. The Balaban J connectivity index is 1.79. The second-order valence-electron chi connectivity index (χ2n) is 7.29. The molecule has 0 unspecified atom stereocenters. The van der Waals surface area contributed by atoms with E-state index >= 15 is 0 Å². The van der Waals surface area contributed by atoms with Gasteiger partial charge in [-0.15, -0.1) is 0 Å². The average molecular weight is 413 g/mol. The second kappa shape index (κ2) is 8.48. The van der Waals surface area contributed by atoms with Gasteiger partial charge in [-0.05, 0) is 36.1 Å². The van der Waals surface area contributed by atoms with Crippen LogP contribution in [-0.4, -0.2) is 25.1 Å². The fourth-order valence-corrected chi connectivity index (χ4v) is 3.96. The zero-order valence-electron chi connectivity index (χ0n) is 16.4. The van der Waals surface area contributed by atoms with Gasteiger partial charge in [0.1, 0.15) is 6.54 Å². The van der Waals surface area contributed by atoms with Crippen molar-refractivity contribution in [1.29, 1.82) is 0 Å². The third-order valence-electron chi connectivity index (χ3n) is 4.40. The smallest absolute Gasteiger partial charge is 0.276 e. The molecule has 0 aliphatic heterocycles. The lowest BCUT2D eigenvalue weighted by molar-refractivity contribution is -0.118. The minimum absolute atomic E-state index is 0.0306. The van der Waals surface area contributed by atoms with Gasteiger partial charge in [-0.1, -0.05) is 44.2 Å². The SMILES string of the molecule is CC(C)Cc1ccc(S(=O)(=O)N/N=C/c2cn(CC(N)=O)c3ccccc23)cc1. The van der Waals surface area contributed by atoms with E-state index in [1.165, 1.54) is 6.21 Å². The largest absolute Gasteiger partial charge is 0.368 e. The fourth-order valence-electron chi connectivity index (χ4n) is 3.17. The maximum absolute atomic E-state index is 12.5. The first-order chi connectivity index (χ1) is 13.8. The summed E-state index contributed by atoms with van der Waals surface area (Å²) < 4.78 is 26.7. The highest BCUT2D eigenvalue weighted by Crippen LogP contribution is 2.20. The molecule has 0 bridgehead atoms. The van der Waals surface area contributed by atoms with Gasteiger partial charge in [-0.2, -0.15) is 13.5 Å². The number of carbonyl (C=O) groups is 1. The van der Waals surface area contributed by atoms with Crippen molar-refractivity contribution in [2.24, 2.45) is 16.8 Å². The molecule has 0 saturated carbocycles. The van der Waals surface area contributed by atoms with Crippen molar-refractivity contribution in [3.8, 4) is 0 Å². The molecule has 3 N–H and O–H groups in total. The van der Waals surface area contributed by atoms with Crippen LogP contribution in [-0.2, 0) is 27.8 Å². The predicted molar refractivity (Wildman–Crippen MR) is 114 cm³/mol. The first kappa shape index (κ1) is 20.6. The maximum Gasteiger partial charge on any atom is 0.276 e. The maximum atomic E-state index is 12.5. The van der Waals surface area contributed by atoms with E-state index in [0.717, 1.165) is 22.9 Å². The molecule has 1 amide bonds. The summed E-state index contributed by atoms with van der Waals surface area (Å²) in [7, 11) is -3.77. The molecule has 3 aromatic rings. The molecule has 152 valence electrons. The topological polar surface area (TPSA) is 107 Å². The van der Waals surface area contributed by atoms with Crippen molar-refractivity contribution in [2.75, 3.05) is 0 Å². The first-order valence-electron chi connectivity index (χ1n) is 9.26. The molecule has 7 nitrogen and oxygen atoms in total. The van der Waals surface area contributed by atoms with E-state index in [4.69, 9.17) is 5.73 Å². The molecule has 0 spiro atoms. The number of hydrogen-bond donors (Lipinski definition) is 2. The van der Waals surface area contributed by atoms with Crippen LogP contribution in [0.15, 0.2) is 64.7 Å². The van der Waals surface area contributed by atoms with E-state index < -0.39 is 15.9 Å². The summed E-state index contributed by atoms with van der Waals surface area (Å²) in [6.07, 6.45) is 4.03. The van der Waals surface area contributed by atoms with E-state index in [2.05, 4.69) is 23.8 Å². The Kier molecular flexibility index (Phi) is 6.03. The molecular weight excluding hydrogens is 388 g/mol.